The van der Waals surface area contributed by atoms with Crippen LogP contribution in [0, 0.1) is 0 Å². The van der Waals surface area contributed by atoms with Gasteiger partial charge in [0, 0.05) is 34.6 Å². The molecule has 0 radical (unpaired) electrons. The lowest BCUT2D eigenvalue weighted by molar-refractivity contribution is 0.0978. The standard InChI is InChI=1S/C13H12BrNO2S/c14-11-5-3-10(4-6-11)12(16)2-1-7-15-8-9-18-13(15)17/h3-6,8-9H,1-2,7H2. The fourth-order valence-electron chi connectivity index (χ4n) is 1.65. The average Bonchev–Trinajstić information content (AvgIpc) is 2.76. The molecule has 0 N–H and O–H groups in total. The van der Waals surface area contributed by atoms with Crippen molar-refractivity contribution in [2.75, 3.05) is 0 Å². The van der Waals surface area contributed by atoms with Crippen LogP contribution in [0.5, 0.6) is 0 Å². The van der Waals surface area contributed by atoms with Crippen LogP contribution >= 0.6 is 27.3 Å². The number of aromatic nitrogens is 1. The molecule has 18 heavy (non-hydrogen) atoms. The monoisotopic (exact) mass is 325 g/mol. The highest BCUT2D eigenvalue weighted by Gasteiger charge is 2.05. The fraction of sp³-hybridized carbons (Fsp3) is 0.231. The summed E-state index contributed by atoms with van der Waals surface area (Å²) in [6.07, 6.45) is 2.91. The van der Waals surface area contributed by atoms with Crippen LogP contribution in [0.4, 0.5) is 0 Å². The van der Waals surface area contributed by atoms with Crippen LogP contribution in [0.3, 0.4) is 0 Å². The molecule has 2 rings (SSSR count). The van der Waals surface area contributed by atoms with Gasteiger partial charge in [-0.2, -0.15) is 0 Å². The van der Waals surface area contributed by atoms with E-state index in [1.54, 1.807) is 16.1 Å². The van der Waals surface area contributed by atoms with Crippen LogP contribution in [0.1, 0.15) is 23.2 Å². The molecular weight excluding hydrogens is 314 g/mol. The maximum Gasteiger partial charge on any atom is 0.307 e. The molecule has 0 fully saturated rings. The molecule has 0 saturated carbocycles. The van der Waals surface area contributed by atoms with Crippen molar-refractivity contribution in [2.45, 2.75) is 19.4 Å². The third-order valence-corrected chi connectivity index (χ3v) is 3.84. The first-order chi connectivity index (χ1) is 8.66. The molecule has 3 nitrogen and oxygen atoms in total. The highest BCUT2D eigenvalue weighted by molar-refractivity contribution is 9.10. The third kappa shape index (κ3) is 3.40. The second kappa shape index (κ2) is 6.11. The van der Waals surface area contributed by atoms with Crippen molar-refractivity contribution in [3.05, 3.63) is 55.5 Å². The highest BCUT2D eigenvalue weighted by atomic mass is 79.9. The van der Waals surface area contributed by atoms with Gasteiger partial charge >= 0.3 is 4.87 Å². The average molecular weight is 326 g/mol. The minimum atomic E-state index is 0.0334. The Balaban J connectivity index is 1.87. The number of aryl methyl sites for hydroxylation is 1. The van der Waals surface area contributed by atoms with E-state index >= 15 is 0 Å². The molecule has 0 atom stereocenters. The largest absolute Gasteiger partial charge is 0.307 e. The van der Waals surface area contributed by atoms with Crippen molar-refractivity contribution < 1.29 is 4.79 Å². The van der Waals surface area contributed by atoms with E-state index in [1.807, 2.05) is 24.3 Å². The van der Waals surface area contributed by atoms with E-state index < -0.39 is 0 Å². The summed E-state index contributed by atoms with van der Waals surface area (Å²) < 4.78 is 2.60. The van der Waals surface area contributed by atoms with Crippen LogP contribution in [-0.2, 0) is 6.54 Å². The van der Waals surface area contributed by atoms with Gasteiger partial charge in [-0.25, -0.2) is 0 Å². The lowest BCUT2D eigenvalue weighted by Crippen LogP contribution is -2.12. The number of halogens is 1. The zero-order valence-electron chi connectivity index (χ0n) is 9.64. The van der Waals surface area contributed by atoms with Crippen molar-refractivity contribution in [2.24, 2.45) is 0 Å². The van der Waals surface area contributed by atoms with E-state index in [-0.39, 0.29) is 10.7 Å². The fourth-order valence-corrected chi connectivity index (χ4v) is 2.52. The summed E-state index contributed by atoms with van der Waals surface area (Å²) in [4.78, 5) is 23.2. The number of rotatable bonds is 5. The van der Waals surface area contributed by atoms with E-state index in [1.165, 1.54) is 11.3 Å². The van der Waals surface area contributed by atoms with Gasteiger partial charge in [-0.05, 0) is 18.6 Å². The Morgan fingerprint density at radius 1 is 1.28 bits per heavy atom. The van der Waals surface area contributed by atoms with E-state index in [4.69, 9.17) is 0 Å². The van der Waals surface area contributed by atoms with Gasteiger partial charge in [0.05, 0.1) is 0 Å². The van der Waals surface area contributed by atoms with Gasteiger partial charge in [-0.15, -0.1) is 0 Å². The maximum absolute atomic E-state index is 11.9. The molecular formula is C13H12BrNO2S. The van der Waals surface area contributed by atoms with Gasteiger partial charge in [0.15, 0.2) is 5.78 Å². The maximum atomic E-state index is 11.9. The van der Waals surface area contributed by atoms with E-state index in [9.17, 15) is 9.59 Å². The minimum Gasteiger partial charge on any atom is -0.306 e. The molecule has 0 amide bonds. The first-order valence-corrected chi connectivity index (χ1v) is 7.27. The number of carbonyl (C=O) groups excluding carboxylic acids is 1. The first kappa shape index (κ1) is 13.2. The quantitative estimate of drug-likeness (QED) is 0.791. The Morgan fingerprint density at radius 3 is 2.61 bits per heavy atom. The second-order valence-corrected chi connectivity index (χ2v) is 5.67. The molecule has 5 heteroatoms. The first-order valence-electron chi connectivity index (χ1n) is 5.59. The van der Waals surface area contributed by atoms with Gasteiger partial charge in [0.25, 0.3) is 0 Å². The number of carbonyl (C=O) groups is 1. The molecule has 0 bridgehead atoms. The number of nitrogens with zero attached hydrogens (tertiary/aromatic N) is 1. The van der Waals surface area contributed by atoms with Crippen molar-refractivity contribution >= 4 is 33.0 Å². The molecule has 2 aromatic rings. The van der Waals surface area contributed by atoms with Crippen LogP contribution < -0.4 is 4.87 Å². The molecule has 0 aliphatic carbocycles. The summed E-state index contributed by atoms with van der Waals surface area (Å²) >= 11 is 4.51. The summed E-state index contributed by atoms with van der Waals surface area (Å²) in [5, 5.41) is 1.76. The van der Waals surface area contributed by atoms with Crippen molar-refractivity contribution in [3.63, 3.8) is 0 Å². The topological polar surface area (TPSA) is 39.1 Å². The zero-order valence-corrected chi connectivity index (χ0v) is 12.0. The Hall–Kier alpha value is -1.20. The van der Waals surface area contributed by atoms with Gasteiger partial charge in [-0.1, -0.05) is 39.4 Å². The van der Waals surface area contributed by atoms with Crippen LogP contribution in [-0.4, -0.2) is 10.4 Å². The lowest BCUT2D eigenvalue weighted by atomic mass is 10.1. The molecule has 1 aromatic carbocycles. The van der Waals surface area contributed by atoms with E-state index in [0.29, 0.717) is 19.4 Å². The summed E-state index contributed by atoms with van der Waals surface area (Å²) in [5.74, 6) is 0.116. The number of benzene rings is 1. The molecule has 0 unspecified atom stereocenters. The molecule has 0 aliphatic heterocycles. The van der Waals surface area contributed by atoms with Gasteiger partial charge in [0.1, 0.15) is 0 Å². The van der Waals surface area contributed by atoms with Gasteiger partial charge in [0.2, 0.25) is 0 Å². The summed E-state index contributed by atoms with van der Waals surface area (Å²) in [6, 6.07) is 7.33. The number of hydrogen-bond donors (Lipinski definition) is 0. The molecule has 0 saturated heterocycles. The predicted octanol–water partition coefficient (Wildman–Crippen LogP) is 3.34. The van der Waals surface area contributed by atoms with E-state index in [0.717, 1.165) is 10.0 Å². The smallest absolute Gasteiger partial charge is 0.306 e. The highest BCUT2D eigenvalue weighted by Crippen LogP contribution is 2.12. The lowest BCUT2D eigenvalue weighted by Gasteiger charge is -2.02. The molecule has 0 aliphatic rings. The Morgan fingerprint density at radius 2 is 2.00 bits per heavy atom. The number of thiazole rings is 1. The summed E-state index contributed by atoms with van der Waals surface area (Å²) in [6.45, 7) is 0.602. The zero-order chi connectivity index (χ0) is 13.0. The summed E-state index contributed by atoms with van der Waals surface area (Å²) in [7, 11) is 0. The van der Waals surface area contributed by atoms with Crippen LogP contribution in [0.2, 0.25) is 0 Å². The van der Waals surface area contributed by atoms with Crippen molar-refractivity contribution in [1.29, 1.82) is 0 Å². The van der Waals surface area contributed by atoms with Gasteiger partial charge < -0.3 is 4.57 Å². The minimum absolute atomic E-state index is 0.0334. The van der Waals surface area contributed by atoms with E-state index in [2.05, 4.69) is 15.9 Å². The second-order valence-electron chi connectivity index (χ2n) is 3.90. The van der Waals surface area contributed by atoms with Gasteiger partial charge in [-0.3, -0.25) is 9.59 Å². The van der Waals surface area contributed by atoms with Crippen molar-refractivity contribution in [1.82, 2.24) is 4.57 Å². The van der Waals surface area contributed by atoms with Crippen LogP contribution in [0.25, 0.3) is 0 Å². The SMILES string of the molecule is O=C(CCCn1ccsc1=O)c1ccc(Br)cc1. The Bertz CT molecular complexity index is 586. The molecule has 0 spiro atoms. The normalized spacial score (nSPS) is 10.5. The number of Topliss-reactive ketones (excluding diaryl/α,β-unsaturated/α-hetero) is 1. The number of hydrogen-bond acceptors (Lipinski definition) is 3. The van der Waals surface area contributed by atoms with Crippen LogP contribution in [0.15, 0.2) is 45.1 Å². The molecule has 94 valence electrons. The predicted molar refractivity (Wildman–Crippen MR) is 76.3 cm³/mol. The number of ketones is 1. The third-order valence-electron chi connectivity index (χ3n) is 2.61. The summed E-state index contributed by atoms with van der Waals surface area (Å²) in [5.41, 5.74) is 0.718. The Kier molecular flexibility index (Phi) is 4.49. The molecule has 1 heterocycles. The molecule has 1 aromatic heterocycles. The Labute approximate surface area is 117 Å². The van der Waals surface area contributed by atoms with Crippen molar-refractivity contribution in [3.8, 4) is 0 Å².